The Bertz CT molecular complexity index is 646. The molecule has 0 aliphatic carbocycles. The fourth-order valence-corrected chi connectivity index (χ4v) is 3.06. The summed E-state index contributed by atoms with van der Waals surface area (Å²) in [6.45, 7) is 2.79. The van der Waals surface area contributed by atoms with E-state index < -0.39 is 0 Å². The van der Waals surface area contributed by atoms with Crippen molar-refractivity contribution in [3.63, 3.8) is 0 Å². The third kappa shape index (κ3) is 2.85. The highest BCUT2D eigenvalue weighted by atomic mass is 16.5. The van der Waals surface area contributed by atoms with Crippen molar-refractivity contribution in [1.29, 1.82) is 0 Å². The molecule has 0 saturated heterocycles. The molecule has 0 radical (unpaired) electrons. The first-order valence-corrected chi connectivity index (χ1v) is 7.62. The first kappa shape index (κ1) is 13.9. The predicted octanol–water partition coefficient (Wildman–Crippen LogP) is 4.39. The highest BCUT2D eigenvalue weighted by molar-refractivity contribution is 5.98. The zero-order valence-electron chi connectivity index (χ0n) is 12.3. The Morgan fingerprint density at radius 3 is 2.76 bits per heavy atom. The van der Waals surface area contributed by atoms with Crippen molar-refractivity contribution in [3.05, 3.63) is 65.2 Å². The number of hydrogen-bond acceptors (Lipinski definition) is 2. The number of fused-ring (bicyclic) bond motifs is 1. The lowest BCUT2D eigenvalue weighted by Gasteiger charge is -2.25. The topological polar surface area (TPSA) is 26.3 Å². The minimum absolute atomic E-state index is 0.245. The summed E-state index contributed by atoms with van der Waals surface area (Å²) in [7, 11) is 0. The van der Waals surface area contributed by atoms with Gasteiger partial charge in [0.25, 0.3) is 0 Å². The lowest BCUT2D eigenvalue weighted by molar-refractivity contribution is 0.0965. The Balaban J connectivity index is 1.83. The number of ketones is 1. The second kappa shape index (κ2) is 6.13. The molecule has 2 aromatic rings. The van der Waals surface area contributed by atoms with Crippen molar-refractivity contribution in [2.45, 2.75) is 32.1 Å². The average Bonchev–Trinajstić information content (AvgIpc) is 2.55. The molecule has 21 heavy (non-hydrogen) atoms. The number of rotatable bonds is 4. The number of carbonyl (C=O) groups excluding carboxylic acids is 1. The molecule has 0 fully saturated rings. The Labute approximate surface area is 125 Å². The summed E-state index contributed by atoms with van der Waals surface area (Å²) in [5.74, 6) is 1.45. The SMILES string of the molecule is CCc1ccccc1C(=O)CC1CCOc2ccccc21. The van der Waals surface area contributed by atoms with E-state index in [1.54, 1.807) is 0 Å². The van der Waals surface area contributed by atoms with E-state index in [9.17, 15) is 4.79 Å². The maximum atomic E-state index is 12.7. The van der Waals surface area contributed by atoms with Crippen molar-refractivity contribution < 1.29 is 9.53 Å². The Morgan fingerprint density at radius 2 is 1.90 bits per heavy atom. The van der Waals surface area contributed by atoms with Crippen LogP contribution in [0.25, 0.3) is 0 Å². The Morgan fingerprint density at radius 1 is 1.14 bits per heavy atom. The van der Waals surface area contributed by atoms with Gasteiger partial charge in [-0.2, -0.15) is 0 Å². The molecule has 0 N–H and O–H groups in total. The molecule has 1 aliphatic heterocycles. The standard InChI is InChI=1S/C19H20O2/c1-2-14-7-3-4-8-16(14)18(20)13-15-11-12-21-19-10-6-5-9-17(15)19/h3-10,15H,2,11-13H2,1H3. The van der Waals surface area contributed by atoms with Crippen LogP contribution in [0.15, 0.2) is 48.5 Å². The van der Waals surface area contributed by atoms with Crippen molar-refractivity contribution in [2.75, 3.05) is 6.61 Å². The van der Waals surface area contributed by atoms with Gasteiger partial charge in [-0.15, -0.1) is 0 Å². The minimum Gasteiger partial charge on any atom is -0.493 e. The molecular formula is C19H20O2. The second-order valence-electron chi connectivity index (χ2n) is 5.51. The van der Waals surface area contributed by atoms with E-state index in [0.29, 0.717) is 13.0 Å². The number of ether oxygens (including phenoxy) is 1. The smallest absolute Gasteiger partial charge is 0.163 e. The molecular weight excluding hydrogens is 260 g/mol. The third-order valence-corrected chi connectivity index (χ3v) is 4.21. The van der Waals surface area contributed by atoms with E-state index in [1.807, 2.05) is 42.5 Å². The molecule has 1 aliphatic rings. The van der Waals surface area contributed by atoms with E-state index in [-0.39, 0.29) is 11.7 Å². The minimum atomic E-state index is 0.245. The molecule has 0 saturated carbocycles. The number of Topliss-reactive ketones (excluding diaryl/α,β-unsaturated/α-hetero) is 1. The van der Waals surface area contributed by atoms with Crippen molar-refractivity contribution in [3.8, 4) is 5.75 Å². The van der Waals surface area contributed by atoms with Gasteiger partial charge in [-0.05, 0) is 36.0 Å². The predicted molar refractivity (Wildman–Crippen MR) is 84.1 cm³/mol. The summed E-state index contributed by atoms with van der Waals surface area (Å²) >= 11 is 0. The van der Waals surface area contributed by atoms with E-state index in [2.05, 4.69) is 13.0 Å². The maximum absolute atomic E-state index is 12.7. The highest BCUT2D eigenvalue weighted by Crippen LogP contribution is 2.36. The van der Waals surface area contributed by atoms with E-state index >= 15 is 0 Å². The van der Waals surface area contributed by atoms with Gasteiger partial charge in [0.2, 0.25) is 0 Å². The third-order valence-electron chi connectivity index (χ3n) is 4.21. The Kier molecular flexibility index (Phi) is 4.05. The maximum Gasteiger partial charge on any atom is 0.163 e. The van der Waals surface area contributed by atoms with Gasteiger partial charge < -0.3 is 4.74 Å². The van der Waals surface area contributed by atoms with Crippen LogP contribution in [0.4, 0.5) is 0 Å². The number of aryl methyl sites for hydroxylation is 1. The summed E-state index contributed by atoms with van der Waals surface area (Å²) in [6.07, 6.45) is 2.38. The zero-order chi connectivity index (χ0) is 14.7. The number of carbonyl (C=O) groups is 1. The largest absolute Gasteiger partial charge is 0.493 e. The first-order chi connectivity index (χ1) is 10.3. The molecule has 1 unspecified atom stereocenters. The molecule has 0 aromatic heterocycles. The number of hydrogen-bond donors (Lipinski definition) is 0. The summed E-state index contributed by atoms with van der Waals surface area (Å²) < 4.78 is 5.67. The molecule has 2 nitrogen and oxygen atoms in total. The molecule has 2 heteroatoms. The normalized spacial score (nSPS) is 16.9. The van der Waals surface area contributed by atoms with Gasteiger partial charge in [-0.25, -0.2) is 0 Å². The van der Waals surface area contributed by atoms with Crippen LogP contribution >= 0.6 is 0 Å². The highest BCUT2D eigenvalue weighted by Gasteiger charge is 2.24. The molecule has 1 heterocycles. The van der Waals surface area contributed by atoms with Gasteiger partial charge in [0.1, 0.15) is 5.75 Å². The molecule has 3 rings (SSSR count). The average molecular weight is 280 g/mol. The van der Waals surface area contributed by atoms with Crippen LogP contribution in [0.2, 0.25) is 0 Å². The quantitative estimate of drug-likeness (QED) is 0.776. The summed E-state index contributed by atoms with van der Waals surface area (Å²) in [4.78, 5) is 12.7. The van der Waals surface area contributed by atoms with Gasteiger partial charge in [-0.1, -0.05) is 49.4 Å². The molecule has 0 amide bonds. The van der Waals surface area contributed by atoms with Crippen LogP contribution in [-0.2, 0) is 6.42 Å². The lowest BCUT2D eigenvalue weighted by Crippen LogP contribution is -2.17. The molecule has 0 bridgehead atoms. The van der Waals surface area contributed by atoms with E-state index in [4.69, 9.17) is 4.74 Å². The fraction of sp³-hybridized carbons (Fsp3) is 0.316. The first-order valence-electron chi connectivity index (χ1n) is 7.62. The van der Waals surface area contributed by atoms with Gasteiger partial charge >= 0.3 is 0 Å². The van der Waals surface area contributed by atoms with Crippen LogP contribution in [0, 0.1) is 0 Å². The summed E-state index contributed by atoms with van der Waals surface area (Å²) in [5, 5.41) is 0. The van der Waals surface area contributed by atoms with E-state index in [1.165, 1.54) is 5.56 Å². The van der Waals surface area contributed by atoms with Crippen molar-refractivity contribution in [1.82, 2.24) is 0 Å². The molecule has 1 atom stereocenters. The van der Waals surface area contributed by atoms with Crippen LogP contribution in [0.5, 0.6) is 5.75 Å². The van der Waals surface area contributed by atoms with E-state index in [0.717, 1.165) is 29.7 Å². The second-order valence-corrected chi connectivity index (χ2v) is 5.51. The van der Waals surface area contributed by atoms with Crippen LogP contribution in [0.1, 0.15) is 47.2 Å². The molecule has 108 valence electrons. The molecule has 2 aromatic carbocycles. The zero-order valence-corrected chi connectivity index (χ0v) is 12.3. The monoisotopic (exact) mass is 280 g/mol. The fourth-order valence-electron chi connectivity index (χ4n) is 3.06. The molecule has 0 spiro atoms. The lowest BCUT2D eigenvalue weighted by atomic mass is 9.86. The van der Waals surface area contributed by atoms with Crippen LogP contribution in [-0.4, -0.2) is 12.4 Å². The van der Waals surface area contributed by atoms with Crippen LogP contribution in [0.3, 0.4) is 0 Å². The van der Waals surface area contributed by atoms with Crippen LogP contribution < -0.4 is 4.74 Å². The van der Waals surface area contributed by atoms with Gasteiger partial charge in [0.05, 0.1) is 6.61 Å². The Hall–Kier alpha value is -2.09. The van der Waals surface area contributed by atoms with Gasteiger partial charge in [0.15, 0.2) is 5.78 Å². The number of benzene rings is 2. The van der Waals surface area contributed by atoms with Crippen molar-refractivity contribution >= 4 is 5.78 Å². The summed E-state index contributed by atoms with van der Waals surface area (Å²) in [5.41, 5.74) is 3.19. The number of para-hydroxylation sites is 1. The summed E-state index contributed by atoms with van der Waals surface area (Å²) in [6, 6.07) is 16.0. The van der Waals surface area contributed by atoms with Crippen molar-refractivity contribution in [2.24, 2.45) is 0 Å². The van der Waals surface area contributed by atoms with Gasteiger partial charge in [-0.3, -0.25) is 4.79 Å². The van der Waals surface area contributed by atoms with Gasteiger partial charge in [0, 0.05) is 12.0 Å².